The van der Waals surface area contributed by atoms with E-state index in [9.17, 15) is 10.1 Å². The van der Waals surface area contributed by atoms with Crippen LogP contribution in [0.25, 0.3) is 11.3 Å². The number of furan rings is 1. The molecule has 7 nitrogen and oxygen atoms in total. The van der Waals surface area contributed by atoms with Crippen molar-refractivity contribution in [1.82, 2.24) is 9.97 Å². The molecule has 110 valence electrons. The van der Waals surface area contributed by atoms with Gasteiger partial charge in [0.05, 0.1) is 28.8 Å². The first-order chi connectivity index (χ1) is 10.6. The average Bonchev–Trinajstić information content (AvgIpc) is 3.04. The SMILES string of the molecule is Cc1ccc([N+](=O)[O-])cc1Nc1nccc(-c2ccoc2)n1. The predicted octanol–water partition coefficient (Wildman–Crippen LogP) is 3.70. The molecule has 2 heterocycles. The summed E-state index contributed by atoms with van der Waals surface area (Å²) in [7, 11) is 0. The second-order valence-corrected chi connectivity index (χ2v) is 4.66. The largest absolute Gasteiger partial charge is 0.472 e. The van der Waals surface area contributed by atoms with Crippen molar-refractivity contribution in [1.29, 1.82) is 0 Å². The molecule has 0 fully saturated rings. The molecule has 0 spiro atoms. The maximum atomic E-state index is 10.9. The number of nitro benzene ring substituents is 1. The molecule has 0 saturated carbocycles. The Morgan fingerprint density at radius 2 is 2.14 bits per heavy atom. The summed E-state index contributed by atoms with van der Waals surface area (Å²) in [5, 5.41) is 13.9. The lowest BCUT2D eigenvalue weighted by Gasteiger charge is -2.08. The Balaban J connectivity index is 1.92. The van der Waals surface area contributed by atoms with Crippen molar-refractivity contribution in [2.24, 2.45) is 0 Å². The van der Waals surface area contributed by atoms with E-state index in [0.717, 1.165) is 11.1 Å². The molecule has 1 aromatic carbocycles. The Hall–Kier alpha value is -3.22. The van der Waals surface area contributed by atoms with Crippen molar-refractivity contribution in [3.63, 3.8) is 0 Å². The summed E-state index contributed by atoms with van der Waals surface area (Å²) < 4.78 is 5.03. The van der Waals surface area contributed by atoms with E-state index in [-0.39, 0.29) is 5.69 Å². The van der Waals surface area contributed by atoms with Crippen molar-refractivity contribution < 1.29 is 9.34 Å². The van der Waals surface area contributed by atoms with Crippen LogP contribution in [0.1, 0.15) is 5.56 Å². The van der Waals surface area contributed by atoms with E-state index in [1.54, 1.807) is 36.9 Å². The second-order valence-electron chi connectivity index (χ2n) is 4.66. The topological polar surface area (TPSA) is 94.1 Å². The molecule has 0 amide bonds. The number of hydrogen-bond acceptors (Lipinski definition) is 6. The molecule has 0 aliphatic heterocycles. The van der Waals surface area contributed by atoms with Gasteiger partial charge in [0.2, 0.25) is 5.95 Å². The van der Waals surface area contributed by atoms with Gasteiger partial charge in [-0.25, -0.2) is 9.97 Å². The first-order valence-electron chi connectivity index (χ1n) is 6.51. The summed E-state index contributed by atoms with van der Waals surface area (Å²) in [5.41, 5.74) is 3.01. The van der Waals surface area contributed by atoms with Gasteiger partial charge in [0.15, 0.2) is 0 Å². The number of non-ortho nitro benzene ring substituents is 1. The number of rotatable bonds is 4. The zero-order chi connectivity index (χ0) is 15.5. The molecule has 0 aliphatic carbocycles. The number of aromatic nitrogens is 2. The van der Waals surface area contributed by atoms with Crippen LogP contribution in [0, 0.1) is 17.0 Å². The van der Waals surface area contributed by atoms with E-state index < -0.39 is 4.92 Å². The van der Waals surface area contributed by atoms with E-state index >= 15 is 0 Å². The number of benzene rings is 1. The van der Waals surface area contributed by atoms with Gasteiger partial charge in [0.1, 0.15) is 0 Å². The minimum absolute atomic E-state index is 0.0130. The molecular weight excluding hydrogens is 284 g/mol. The van der Waals surface area contributed by atoms with Crippen molar-refractivity contribution >= 4 is 17.3 Å². The van der Waals surface area contributed by atoms with Crippen molar-refractivity contribution in [3.05, 3.63) is 64.7 Å². The summed E-state index contributed by atoms with van der Waals surface area (Å²) in [4.78, 5) is 18.9. The monoisotopic (exact) mass is 296 g/mol. The van der Waals surface area contributed by atoms with Crippen LogP contribution in [-0.2, 0) is 0 Å². The predicted molar refractivity (Wildman–Crippen MR) is 80.9 cm³/mol. The Bertz CT molecular complexity index is 815. The molecule has 7 heteroatoms. The molecule has 0 atom stereocenters. The highest BCUT2D eigenvalue weighted by molar-refractivity contribution is 5.64. The third-order valence-electron chi connectivity index (χ3n) is 3.15. The molecule has 3 aromatic rings. The number of nitrogens with one attached hydrogen (secondary N) is 1. The van der Waals surface area contributed by atoms with Crippen LogP contribution < -0.4 is 5.32 Å². The minimum Gasteiger partial charge on any atom is -0.472 e. The maximum Gasteiger partial charge on any atom is 0.271 e. The van der Waals surface area contributed by atoms with Gasteiger partial charge in [-0.05, 0) is 24.6 Å². The Labute approximate surface area is 125 Å². The van der Waals surface area contributed by atoms with E-state index in [2.05, 4.69) is 15.3 Å². The summed E-state index contributed by atoms with van der Waals surface area (Å²) in [6, 6.07) is 8.16. The first kappa shape index (κ1) is 13.7. The van der Waals surface area contributed by atoms with Crippen molar-refractivity contribution in [2.45, 2.75) is 6.92 Å². The van der Waals surface area contributed by atoms with Crippen LogP contribution in [0.4, 0.5) is 17.3 Å². The zero-order valence-corrected chi connectivity index (χ0v) is 11.7. The molecule has 0 unspecified atom stereocenters. The smallest absolute Gasteiger partial charge is 0.271 e. The van der Waals surface area contributed by atoms with E-state index in [1.807, 2.05) is 6.92 Å². The fourth-order valence-electron chi connectivity index (χ4n) is 1.97. The van der Waals surface area contributed by atoms with Crippen LogP contribution in [0.5, 0.6) is 0 Å². The fourth-order valence-corrected chi connectivity index (χ4v) is 1.97. The van der Waals surface area contributed by atoms with E-state index in [1.165, 1.54) is 12.1 Å². The molecule has 1 N–H and O–H groups in total. The van der Waals surface area contributed by atoms with E-state index in [0.29, 0.717) is 17.3 Å². The summed E-state index contributed by atoms with van der Waals surface area (Å²) in [6.07, 6.45) is 4.77. The molecular formula is C15H12N4O3. The van der Waals surface area contributed by atoms with Gasteiger partial charge in [0.25, 0.3) is 5.69 Å². The average molecular weight is 296 g/mol. The summed E-state index contributed by atoms with van der Waals surface area (Å²) in [5.74, 6) is 0.363. The lowest BCUT2D eigenvalue weighted by molar-refractivity contribution is -0.384. The van der Waals surface area contributed by atoms with Gasteiger partial charge in [-0.3, -0.25) is 10.1 Å². The normalized spacial score (nSPS) is 10.4. The molecule has 0 aliphatic rings. The van der Waals surface area contributed by atoms with Crippen LogP contribution in [0.2, 0.25) is 0 Å². The number of nitrogens with zero attached hydrogens (tertiary/aromatic N) is 3. The van der Waals surface area contributed by atoms with Gasteiger partial charge in [-0.2, -0.15) is 0 Å². The molecule has 22 heavy (non-hydrogen) atoms. The minimum atomic E-state index is -0.437. The van der Waals surface area contributed by atoms with Gasteiger partial charge in [0, 0.05) is 23.9 Å². The fraction of sp³-hybridized carbons (Fsp3) is 0.0667. The van der Waals surface area contributed by atoms with Gasteiger partial charge >= 0.3 is 0 Å². The Morgan fingerprint density at radius 1 is 1.27 bits per heavy atom. The quantitative estimate of drug-likeness (QED) is 0.582. The van der Waals surface area contributed by atoms with E-state index in [4.69, 9.17) is 4.42 Å². The maximum absolute atomic E-state index is 10.9. The van der Waals surface area contributed by atoms with Crippen LogP contribution in [0.15, 0.2) is 53.5 Å². The van der Waals surface area contributed by atoms with Gasteiger partial charge < -0.3 is 9.73 Å². The van der Waals surface area contributed by atoms with Gasteiger partial charge in [-0.1, -0.05) is 6.07 Å². The van der Waals surface area contributed by atoms with Crippen molar-refractivity contribution in [3.8, 4) is 11.3 Å². The van der Waals surface area contributed by atoms with Gasteiger partial charge in [-0.15, -0.1) is 0 Å². The highest BCUT2D eigenvalue weighted by Crippen LogP contribution is 2.25. The summed E-state index contributed by atoms with van der Waals surface area (Å²) >= 11 is 0. The van der Waals surface area contributed by atoms with Crippen LogP contribution >= 0.6 is 0 Å². The lowest BCUT2D eigenvalue weighted by atomic mass is 10.2. The van der Waals surface area contributed by atoms with Crippen LogP contribution in [0.3, 0.4) is 0 Å². The third kappa shape index (κ3) is 2.78. The third-order valence-corrected chi connectivity index (χ3v) is 3.15. The summed E-state index contributed by atoms with van der Waals surface area (Å²) in [6.45, 7) is 1.85. The molecule has 2 aromatic heterocycles. The number of anilines is 2. The zero-order valence-electron chi connectivity index (χ0n) is 11.7. The lowest BCUT2D eigenvalue weighted by Crippen LogP contribution is -2.00. The molecule has 3 rings (SSSR count). The highest BCUT2D eigenvalue weighted by atomic mass is 16.6. The highest BCUT2D eigenvalue weighted by Gasteiger charge is 2.10. The standard InChI is InChI=1S/C15H12N4O3/c1-10-2-3-12(19(20)21)8-14(10)18-15-16-6-4-13(17-15)11-5-7-22-9-11/h2-9H,1H3,(H,16,17,18). The molecule has 0 bridgehead atoms. The Morgan fingerprint density at radius 3 is 2.86 bits per heavy atom. The molecule has 0 saturated heterocycles. The number of nitro groups is 1. The number of hydrogen-bond donors (Lipinski definition) is 1. The van der Waals surface area contributed by atoms with Crippen LogP contribution in [-0.4, -0.2) is 14.9 Å². The molecule has 0 radical (unpaired) electrons. The van der Waals surface area contributed by atoms with Crippen molar-refractivity contribution in [2.75, 3.05) is 5.32 Å². The second kappa shape index (κ2) is 5.65. The Kier molecular flexibility index (Phi) is 3.53. The first-order valence-corrected chi connectivity index (χ1v) is 6.51. The number of aryl methyl sites for hydroxylation is 1.